The van der Waals surface area contributed by atoms with Crippen LogP contribution in [0.3, 0.4) is 0 Å². The third kappa shape index (κ3) is 34.6. The summed E-state index contributed by atoms with van der Waals surface area (Å²) in [7, 11) is 0. The van der Waals surface area contributed by atoms with Gasteiger partial charge in [0.1, 0.15) is 6.10 Å². The first-order chi connectivity index (χ1) is 28.0. The molecule has 0 N–H and O–H groups in total. The monoisotopic (exact) mass is 803 g/mol. The van der Waals surface area contributed by atoms with Gasteiger partial charge in [-0.15, -0.1) is 5.10 Å². The normalized spacial score (nSPS) is 11.6. The SMILES string of the molecule is CCCCCCCCCCCOC(=O)CCCCCN(CCCCCCCC(=O)OC(CCCCCCCC)CCCCCCCC)CCn1cc(CCC)nn1. The van der Waals surface area contributed by atoms with Crippen molar-refractivity contribution in [2.75, 3.05) is 26.2 Å². The Morgan fingerprint density at radius 2 is 1.00 bits per heavy atom. The molecule has 0 bridgehead atoms. The molecule has 1 aromatic heterocycles. The predicted octanol–water partition coefficient (Wildman–Crippen LogP) is 13.9. The molecule has 0 saturated carbocycles. The van der Waals surface area contributed by atoms with Crippen LogP contribution < -0.4 is 0 Å². The molecular formula is C49H94N4O4. The summed E-state index contributed by atoms with van der Waals surface area (Å²) in [6.07, 6.45) is 42.8. The maximum absolute atomic E-state index is 12.8. The average Bonchev–Trinajstić information content (AvgIpc) is 3.66. The summed E-state index contributed by atoms with van der Waals surface area (Å²) >= 11 is 0. The van der Waals surface area contributed by atoms with Crippen molar-refractivity contribution in [1.82, 2.24) is 19.9 Å². The van der Waals surface area contributed by atoms with Crippen LogP contribution in [0.5, 0.6) is 0 Å². The highest BCUT2D eigenvalue weighted by Gasteiger charge is 2.15. The highest BCUT2D eigenvalue weighted by molar-refractivity contribution is 5.69. The van der Waals surface area contributed by atoms with Crippen molar-refractivity contribution >= 4 is 11.9 Å². The van der Waals surface area contributed by atoms with E-state index in [1.165, 1.54) is 135 Å². The minimum atomic E-state index is -0.0325. The third-order valence-corrected chi connectivity index (χ3v) is 11.5. The van der Waals surface area contributed by atoms with E-state index in [2.05, 4.69) is 49.1 Å². The van der Waals surface area contributed by atoms with Crippen molar-refractivity contribution in [1.29, 1.82) is 0 Å². The van der Waals surface area contributed by atoms with Crippen LogP contribution in [0.4, 0.5) is 0 Å². The van der Waals surface area contributed by atoms with Crippen molar-refractivity contribution in [2.24, 2.45) is 0 Å². The molecule has 0 saturated heterocycles. The van der Waals surface area contributed by atoms with Gasteiger partial charge in [-0.3, -0.25) is 14.3 Å². The zero-order valence-electron chi connectivity index (χ0n) is 38.4. The van der Waals surface area contributed by atoms with E-state index >= 15 is 0 Å². The molecule has 0 spiro atoms. The van der Waals surface area contributed by atoms with Crippen molar-refractivity contribution in [3.63, 3.8) is 0 Å². The van der Waals surface area contributed by atoms with Gasteiger partial charge in [-0.2, -0.15) is 0 Å². The number of hydrogen-bond acceptors (Lipinski definition) is 7. The summed E-state index contributed by atoms with van der Waals surface area (Å²) in [6.45, 7) is 13.5. The number of unbranched alkanes of at least 4 members (excludes halogenated alkanes) is 24. The van der Waals surface area contributed by atoms with E-state index in [0.717, 1.165) is 109 Å². The molecule has 1 aromatic rings. The lowest BCUT2D eigenvalue weighted by molar-refractivity contribution is -0.150. The molecule has 334 valence electrons. The molecule has 0 radical (unpaired) electrons. The van der Waals surface area contributed by atoms with Gasteiger partial charge >= 0.3 is 11.9 Å². The summed E-state index contributed by atoms with van der Waals surface area (Å²) < 4.78 is 13.6. The van der Waals surface area contributed by atoms with Gasteiger partial charge in [0.2, 0.25) is 0 Å². The van der Waals surface area contributed by atoms with Crippen LogP contribution in [0.2, 0.25) is 0 Å². The van der Waals surface area contributed by atoms with Crippen LogP contribution in [-0.4, -0.2) is 64.2 Å². The second kappa shape index (κ2) is 40.8. The smallest absolute Gasteiger partial charge is 0.306 e. The maximum atomic E-state index is 12.8. The first-order valence-corrected chi connectivity index (χ1v) is 25.0. The summed E-state index contributed by atoms with van der Waals surface area (Å²) in [5, 5.41) is 8.70. The number of hydrogen-bond donors (Lipinski definition) is 0. The molecule has 0 unspecified atom stereocenters. The molecule has 0 aliphatic carbocycles. The minimum Gasteiger partial charge on any atom is -0.466 e. The lowest BCUT2D eigenvalue weighted by Crippen LogP contribution is -2.30. The third-order valence-electron chi connectivity index (χ3n) is 11.5. The Labute approximate surface area is 353 Å². The molecule has 0 fully saturated rings. The maximum Gasteiger partial charge on any atom is 0.306 e. The molecule has 8 nitrogen and oxygen atoms in total. The largest absolute Gasteiger partial charge is 0.466 e. The van der Waals surface area contributed by atoms with Crippen LogP contribution in [0, 0.1) is 0 Å². The molecule has 0 aliphatic rings. The molecule has 1 rings (SSSR count). The molecule has 0 aliphatic heterocycles. The first-order valence-electron chi connectivity index (χ1n) is 25.0. The highest BCUT2D eigenvalue weighted by atomic mass is 16.5. The second-order valence-corrected chi connectivity index (χ2v) is 17.2. The summed E-state index contributed by atoms with van der Waals surface area (Å²) in [6, 6.07) is 0. The molecule has 8 heteroatoms. The number of carbonyl (C=O) groups excluding carboxylic acids is 2. The van der Waals surface area contributed by atoms with Crippen LogP contribution in [0.1, 0.15) is 252 Å². The Balaban J connectivity index is 2.33. The van der Waals surface area contributed by atoms with E-state index in [1.807, 2.05) is 4.68 Å². The number of rotatable bonds is 44. The Morgan fingerprint density at radius 3 is 1.54 bits per heavy atom. The highest BCUT2D eigenvalue weighted by Crippen LogP contribution is 2.19. The average molecular weight is 803 g/mol. The van der Waals surface area contributed by atoms with E-state index in [1.54, 1.807) is 0 Å². The standard InChI is InChI=1S/C49H94N4O4/c1-5-9-12-15-18-19-20-26-34-44-56-48(54)38-31-27-33-41-52(42-43-53-45-46(35-8-4)50-51-53)40-32-25-21-24-30-39-49(55)57-47(36-28-22-16-13-10-6-2)37-29-23-17-14-11-7-3/h45,47H,5-44H2,1-4H3. The van der Waals surface area contributed by atoms with Gasteiger partial charge in [-0.05, 0) is 77.3 Å². The minimum absolute atomic E-state index is 0.0189. The van der Waals surface area contributed by atoms with Crippen LogP contribution >= 0.6 is 0 Å². The Morgan fingerprint density at radius 1 is 0.544 bits per heavy atom. The van der Waals surface area contributed by atoms with Gasteiger partial charge < -0.3 is 14.4 Å². The first kappa shape index (κ1) is 53.1. The van der Waals surface area contributed by atoms with Crippen LogP contribution in [0.25, 0.3) is 0 Å². The summed E-state index contributed by atoms with van der Waals surface area (Å²) in [5.74, 6) is -0.0136. The van der Waals surface area contributed by atoms with Gasteiger partial charge in [-0.1, -0.05) is 181 Å². The van der Waals surface area contributed by atoms with Crippen molar-refractivity contribution in [2.45, 2.75) is 265 Å². The second-order valence-electron chi connectivity index (χ2n) is 17.2. The predicted molar refractivity (Wildman–Crippen MR) is 241 cm³/mol. The lowest BCUT2D eigenvalue weighted by Gasteiger charge is -2.22. The number of aryl methyl sites for hydroxylation is 1. The Bertz CT molecular complexity index is 1000. The fraction of sp³-hybridized carbons (Fsp3) is 0.918. The fourth-order valence-electron chi connectivity index (χ4n) is 7.80. The molecule has 0 atom stereocenters. The zero-order valence-corrected chi connectivity index (χ0v) is 38.4. The number of ether oxygens (including phenoxy) is 2. The summed E-state index contributed by atoms with van der Waals surface area (Å²) in [5.41, 5.74) is 1.07. The van der Waals surface area contributed by atoms with Crippen LogP contribution in [-0.2, 0) is 32.0 Å². The molecular weight excluding hydrogens is 709 g/mol. The molecule has 1 heterocycles. The molecule has 0 amide bonds. The van der Waals surface area contributed by atoms with Gasteiger partial charge in [-0.25, -0.2) is 0 Å². The van der Waals surface area contributed by atoms with Gasteiger partial charge in [0.25, 0.3) is 0 Å². The zero-order chi connectivity index (χ0) is 41.3. The van der Waals surface area contributed by atoms with Gasteiger partial charge in [0.15, 0.2) is 0 Å². The quantitative estimate of drug-likeness (QED) is 0.0480. The topological polar surface area (TPSA) is 86.5 Å². The lowest BCUT2D eigenvalue weighted by atomic mass is 10.0. The van der Waals surface area contributed by atoms with E-state index < -0.39 is 0 Å². The van der Waals surface area contributed by atoms with Crippen LogP contribution in [0.15, 0.2) is 6.20 Å². The van der Waals surface area contributed by atoms with Gasteiger partial charge in [0, 0.05) is 25.6 Å². The number of aromatic nitrogens is 3. The van der Waals surface area contributed by atoms with Crippen molar-refractivity contribution in [3.05, 3.63) is 11.9 Å². The fourth-order valence-corrected chi connectivity index (χ4v) is 7.80. The van der Waals surface area contributed by atoms with E-state index in [-0.39, 0.29) is 18.0 Å². The van der Waals surface area contributed by atoms with E-state index in [9.17, 15) is 9.59 Å². The van der Waals surface area contributed by atoms with Crippen molar-refractivity contribution < 1.29 is 19.1 Å². The van der Waals surface area contributed by atoms with E-state index in [4.69, 9.17) is 9.47 Å². The summed E-state index contributed by atoms with van der Waals surface area (Å²) in [4.78, 5) is 27.7. The number of carbonyl (C=O) groups is 2. The number of esters is 2. The molecule has 0 aromatic carbocycles. The molecule has 57 heavy (non-hydrogen) atoms. The Kier molecular flexibility index (Phi) is 38.0. The number of nitrogens with zero attached hydrogens (tertiary/aromatic N) is 4. The Hall–Kier alpha value is -1.96. The van der Waals surface area contributed by atoms with Gasteiger partial charge in [0.05, 0.1) is 18.8 Å². The van der Waals surface area contributed by atoms with Crippen molar-refractivity contribution in [3.8, 4) is 0 Å². The van der Waals surface area contributed by atoms with E-state index in [0.29, 0.717) is 19.4 Å².